The van der Waals surface area contributed by atoms with E-state index in [0.29, 0.717) is 30.4 Å². The van der Waals surface area contributed by atoms with E-state index in [1.165, 1.54) is 0 Å². The van der Waals surface area contributed by atoms with Gasteiger partial charge in [-0.3, -0.25) is 4.68 Å². The van der Waals surface area contributed by atoms with Gasteiger partial charge in [0, 0.05) is 43.1 Å². The first-order valence-electron chi connectivity index (χ1n) is 11.4. The zero-order chi connectivity index (χ0) is 26.4. The molecule has 5 rings (SSSR count). The molecule has 2 aromatic heterocycles. The largest absolute Gasteiger partial charge is 0.417 e. The summed E-state index contributed by atoms with van der Waals surface area (Å²) >= 11 is 0. The Morgan fingerprint density at radius 3 is 2.35 bits per heavy atom. The molecule has 1 aliphatic heterocycles. The maximum absolute atomic E-state index is 13.5. The minimum atomic E-state index is -5.01. The van der Waals surface area contributed by atoms with Crippen LogP contribution in [-0.2, 0) is 23.2 Å². The number of sulfonamides is 1. The Balaban J connectivity index is 1.35. The van der Waals surface area contributed by atoms with Crippen molar-refractivity contribution in [2.24, 2.45) is 7.05 Å². The van der Waals surface area contributed by atoms with Crippen LogP contribution in [0.1, 0.15) is 18.4 Å². The Morgan fingerprint density at radius 1 is 1.00 bits per heavy atom. The molecule has 0 spiro atoms. The van der Waals surface area contributed by atoms with Gasteiger partial charge >= 0.3 is 6.18 Å². The molecule has 0 amide bonds. The highest BCUT2D eigenvalue weighted by Gasteiger charge is 2.40. The summed E-state index contributed by atoms with van der Waals surface area (Å²) < 4.78 is 82.5. The number of alkyl halides is 3. The smallest absolute Gasteiger partial charge is 0.365 e. The SMILES string of the molecule is Cn1nccc1-c1nnc(NC2CCN(S(=O)(=O)c3ccc(F)cc3C(F)(F)F)CC2)c2ccccc12. The third-order valence-corrected chi connectivity index (χ3v) is 8.37. The number of aromatic nitrogens is 4. The van der Waals surface area contributed by atoms with Gasteiger partial charge in [0.25, 0.3) is 0 Å². The van der Waals surface area contributed by atoms with Gasteiger partial charge in [-0.05, 0) is 37.1 Å². The topological polar surface area (TPSA) is 93.0 Å². The van der Waals surface area contributed by atoms with Crippen molar-refractivity contribution in [2.75, 3.05) is 18.4 Å². The zero-order valence-corrected chi connectivity index (χ0v) is 20.4. The highest BCUT2D eigenvalue weighted by atomic mass is 32.2. The summed E-state index contributed by atoms with van der Waals surface area (Å²) in [6.07, 6.45) is -2.67. The fraction of sp³-hybridized carbons (Fsp3) is 0.292. The molecule has 1 aliphatic rings. The summed E-state index contributed by atoms with van der Waals surface area (Å²) in [4.78, 5) is -0.949. The lowest BCUT2D eigenvalue weighted by atomic mass is 10.1. The number of hydrogen-bond donors (Lipinski definition) is 1. The number of nitrogens with one attached hydrogen (secondary N) is 1. The molecule has 1 fully saturated rings. The Bertz CT molecular complexity index is 1560. The second-order valence-corrected chi connectivity index (χ2v) is 10.7. The van der Waals surface area contributed by atoms with Crippen molar-refractivity contribution in [3.63, 3.8) is 0 Å². The van der Waals surface area contributed by atoms with Gasteiger partial charge in [0.05, 0.1) is 16.2 Å². The average Bonchev–Trinajstić information content (AvgIpc) is 3.29. The quantitative estimate of drug-likeness (QED) is 0.381. The number of halogens is 4. The van der Waals surface area contributed by atoms with Gasteiger partial charge in [0.15, 0.2) is 5.82 Å². The van der Waals surface area contributed by atoms with E-state index in [1.807, 2.05) is 37.4 Å². The molecule has 0 atom stereocenters. The van der Waals surface area contributed by atoms with Crippen LogP contribution in [0.25, 0.3) is 22.2 Å². The molecule has 4 aromatic rings. The van der Waals surface area contributed by atoms with E-state index in [0.717, 1.165) is 26.8 Å². The molecule has 1 N–H and O–H groups in total. The van der Waals surface area contributed by atoms with E-state index in [-0.39, 0.29) is 25.2 Å². The molecule has 0 aliphatic carbocycles. The first-order valence-corrected chi connectivity index (χ1v) is 12.9. The molecule has 194 valence electrons. The van der Waals surface area contributed by atoms with Crippen molar-refractivity contribution in [1.29, 1.82) is 0 Å². The molecule has 0 bridgehead atoms. The lowest BCUT2D eigenvalue weighted by Gasteiger charge is -2.32. The number of aryl methyl sites for hydroxylation is 1. The van der Waals surface area contributed by atoms with E-state index < -0.39 is 32.5 Å². The van der Waals surface area contributed by atoms with Crippen molar-refractivity contribution < 1.29 is 26.0 Å². The molecule has 13 heteroatoms. The van der Waals surface area contributed by atoms with Crippen LogP contribution in [0.4, 0.5) is 23.4 Å². The van der Waals surface area contributed by atoms with Gasteiger partial charge in [0.2, 0.25) is 10.0 Å². The summed E-state index contributed by atoms with van der Waals surface area (Å²) in [5, 5.41) is 17.9. The predicted molar refractivity (Wildman–Crippen MR) is 129 cm³/mol. The standard InChI is InChI=1S/C24H22F4N6O2S/c1-33-20(8-11-29-33)22-17-4-2-3-5-18(17)23(32-31-22)30-16-9-12-34(13-10-16)37(35,36)21-7-6-15(25)14-19(21)24(26,27)28/h2-8,11,14,16H,9-10,12-13H2,1H3,(H,30,32). The molecular weight excluding hydrogens is 512 g/mol. The first kappa shape index (κ1) is 25.1. The maximum atomic E-state index is 13.5. The van der Waals surface area contributed by atoms with Crippen LogP contribution in [0.3, 0.4) is 0 Å². The number of hydrogen-bond acceptors (Lipinski definition) is 6. The number of rotatable bonds is 5. The minimum Gasteiger partial charge on any atom is -0.365 e. The normalized spacial score (nSPS) is 15.8. The Hall–Kier alpha value is -3.58. The fourth-order valence-electron chi connectivity index (χ4n) is 4.53. The van der Waals surface area contributed by atoms with Gasteiger partial charge in [-0.1, -0.05) is 24.3 Å². The zero-order valence-electron chi connectivity index (χ0n) is 19.6. The number of anilines is 1. The van der Waals surface area contributed by atoms with Gasteiger partial charge < -0.3 is 5.32 Å². The second kappa shape index (κ2) is 9.38. The molecular formula is C24H22F4N6O2S. The summed E-state index contributed by atoms with van der Waals surface area (Å²) in [5.74, 6) is -0.627. The van der Waals surface area contributed by atoms with Crippen molar-refractivity contribution in [3.8, 4) is 11.4 Å². The Labute approximate surface area is 210 Å². The van der Waals surface area contributed by atoms with Crippen LogP contribution in [0.5, 0.6) is 0 Å². The van der Waals surface area contributed by atoms with E-state index in [4.69, 9.17) is 0 Å². The van der Waals surface area contributed by atoms with E-state index in [2.05, 4.69) is 20.6 Å². The summed E-state index contributed by atoms with van der Waals surface area (Å²) in [7, 11) is -2.67. The molecule has 1 saturated heterocycles. The van der Waals surface area contributed by atoms with Crippen molar-refractivity contribution in [1.82, 2.24) is 24.3 Å². The Morgan fingerprint density at radius 2 is 1.70 bits per heavy atom. The van der Waals surface area contributed by atoms with Gasteiger partial charge in [-0.15, -0.1) is 10.2 Å². The molecule has 2 aromatic carbocycles. The second-order valence-electron chi connectivity index (χ2n) is 8.74. The first-order chi connectivity index (χ1) is 17.6. The highest BCUT2D eigenvalue weighted by Crippen LogP contribution is 2.37. The number of nitrogens with zero attached hydrogens (tertiary/aromatic N) is 5. The fourth-order valence-corrected chi connectivity index (χ4v) is 6.19. The number of benzene rings is 2. The minimum absolute atomic E-state index is 0.00681. The predicted octanol–water partition coefficient (Wildman–Crippen LogP) is 4.45. The molecule has 0 saturated carbocycles. The lowest BCUT2D eigenvalue weighted by Crippen LogP contribution is -2.43. The lowest BCUT2D eigenvalue weighted by molar-refractivity contribution is -0.140. The van der Waals surface area contributed by atoms with Crippen molar-refractivity contribution in [2.45, 2.75) is 30.0 Å². The van der Waals surface area contributed by atoms with Crippen LogP contribution in [0.2, 0.25) is 0 Å². The molecule has 0 unspecified atom stereocenters. The van der Waals surface area contributed by atoms with Crippen LogP contribution in [-0.4, -0.2) is 51.8 Å². The maximum Gasteiger partial charge on any atom is 0.417 e. The highest BCUT2D eigenvalue weighted by molar-refractivity contribution is 7.89. The summed E-state index contributed by atoms with van der Waals surface area (Å²) in [5.41, 5.74) is -0.0439. The van der Waals surface area contributed by atoms with Gasteiger partial charge in [-0.25, -0.2) is 12.8 Å². The van der Waals surface area contributed by atoms with E-state index in [1.54, 1.807) is 10.9 Å². The van der Waals surface area contributed by atoms with Crippen molar-refractivity contribution in [3.05, 3.63) is 66.1 Å². The van der Waals surface area contributed by atoms with Crippen LogP contribution < -0.4 is 5.32 Å². The molecule has 3 heterocycles. The number of fused-ring (bicyclic) bond motifs is 1. The Kier molecular flexibility index (Phi) is 6.36. The van der Waals surface area contributed by atoms with E-state index in [9.17, 15) is 26.0 Å². The summed E-state index contributed by atoms with van der Waals surface area (Å²) in [6.45, 7) is -0.0136. The molecule has 37 heavy (non-hydrogen) atoms. The molecule has 8 nitrogen and oxygen atoms in total. The third-order valence-electron chi connectivity index (χ3n) is 6.41. The van der Waals surface area contributed by atoms with Crippen LogP contribution >= 0.6 is 0 Å². The van der Waals surface area contributed by atoms with Gasteiger partial charge in [-0.2, -0.15) is 22.6 Å². The number of piperidine rings is 1. The van der Waals surface area contributed by atoms with Gasteiger partial charge in [0.1, 0.15) is 11.5 Å². The van der Waals surface area contributed by atoms with Crippen LogP contribution in [0.15, 0.2) is 59.6 Å². The van der Waals surface area contributed by atoms with Crippen LogP contribution in [0, 0.1) is 5.82 Å². The van der Waals surface area contributed by atoms with E-state index >= 15 is 0 Å². The monoisotopic (exact) mass is 534 g/mol. The third kappa shape index (κ3) is 4.76. The average molecular weight is 535 g/mol. The summed E-state index contributed by atoms with van der Waals surface area (Å²) in [6, 6.07) is 10.8. The molecule has 0 radical (unpaired) electrons. The van der Waals surface area contributed by atoms with Crippen molar-refractivity contribution >= 4 is 26.6 Å².